The van der Waals surface area contributed by atoms with Gasteiger partial charge in [-0.1, -0.05) is 48.5 Å². The maximum atomic E-state index is 13.2. The fourth-order valence-corrected chi connectivity index (χ4v) is 9.59. The van der Waals surface area contributed by atoms with Crippen molar-refractivity contribution in [3.05, 3.63) is 88.6 Å². The zero-order valence-corrected chi connectivity index (χ0v) is 24.3. The minimum absolute atomic E-state index is 0.111. The van der Waals surface area contributed by atoms with E-state index in [1.54, 1.807) is 11.8 Å². The number of amides is 1. The van der Waals surface area contributed by atoms with Gasteiger partial charge in [-0.3, -0.25) is 9.69 Å². The van der Waals surface area contributed by atoms with E-state index in [1.807, 2.05) is 10.7 Å². The van der Waals surface area contributed by atoms with Crippen molar-refractivity contribution in [1.82, 2.24) is 19.6 Å². The van der Waals surface area contributed by atoms with Crippen LogP contribution >= 0.6 is 11.8 Å². The summed E-state index contributed by atoms with van der Waals surface area (Å²) in [6, 6.07) is 21.1. The second-order valence-electron chi connectivity index (χ2n) is 13.0. The van der Waals surface area contributed by atoms with Crippen LogP contribution in [0, 0.1) is 17.8 Å². The Labute approximate surface area is 246 Å². The number of rotatable bonds is 5. The molecule has 2 aliphatic heterocycles. The maximum absolute atomic E-state index is 13.2. The van der Waals surface area contributed by atoms with Gasteiger partial charge < -0.3 is 4.90 Å². The summed E-state index contributed by atoms with van der Waals surface area (Å²) in [5, 5.41) is 6.14. The van der Waals surface area contributed by atoms with Gasteiger partial charge in [-0.05, 0) is 91.8 Å². The highest BCUT2D eigenvalue weighted by molar-refractivity contribution is 8.18. The van der Waals surface area contributed by atoms with E-state index in [0.717, 1.165) is 71.8 Å². The molecule has 1 amide bonds. The number of aromatic nitrogens is 2. The van der Waals surface area contributed by atoms with Gasteiger partial charge in [-0.15, -0.1) is 0 Å². The van der Waals surface area contributed by atoms with Crippen molar-refractivity contribution in [1.29, 1.82) is 0 Å². The molecule has 41 heavy (non-hydrogen) atoms. The van der Waals surface area contributed by atoms with Crippen LogP contribution in [0.1, 0.15) is 55.3 Å². The van der Waals surface area contributed by atoms with Gasteiger partial charge in [-0.25, -0.2) is 4.68 Å². The second kappa shape index (κ2) is 10.3. The first-order valence-electron chi connectivity index (χ1n) is 15.3. The molecule has 210 valence electrons. The molecular formula is C34H37N5OS. The zero-order chi connectivity index (χ0) is 27.4. The summed E-state index contributed by atoms with van der Waals surface area (Å²) in [5.41, 5.74) is 4.88. The molecule has 6 nitrogen and oxygen atoms in total. The molecule has 0 unspecified atom stereocenters. The lowest BCUT2D eigenvalue weighted by atomic mass is 9.48. The topological polar surface area (TPSA) is 53.7 Å². The van der Waals surface area contributed by atoms with Gasteiger partial charge in [0, 0.05) is 49.9 Å². The van der Waals surface area contributed by atoms with Crippen LogP contribution < -0.4 is 0 Å². The zero-order valence-electron chi connectivity index (χ0n) is 23.5. The molecule has 0 spiro atoms. The molecule has 7 heteroatoms. The Balaban J connectivity index is 1.04. The summed E-state index contributed by atoms with van der Waals surface area (Å²) in [5.74, 6) is 2.39. The SMILES string of the molecule is O=C1N=C(N2CCN(Cc3ccccc3)CC2)SC1=Cc1cn(-c2ccccc2)nc1C12CC3CC(CC(C3)C1)C2. The third-order valence-corrected chi connectivity index (χ3v) is 11.1. The van der Waals surface area contributed by atoms with Crippen molar-refractivity contribution in [2.24, 2.45) is 22.7 Å². The smallest absolute Gasteiger partial charge is 0.286 e. The third kappa shape index (κ3) is 4.87. The van der Waals surface area contributed by atoms with Gasteiger partial charge in [0.25, 0.3) is 5.91 Å². The highest BCUT2D eigenvalue weighted by Gasteiger charge is 2.53. The quantitative estimate of drug-likeness (QED) is 0.350. The minimum Gasteiger partial charge on any atom is -0.348 e. The van der Waals surface area contributed by atoms with Gasteiger partial charge in [0.1, 0.15) is 0 Å². The van der Waals surface area contributed by atoms with Crippen molar-refractivity contribution >= 4 is 28.9 Å². The number of aliphatic imine (C=N–C) groups is 1. The van der Waals surface area contributed by atoms with Crippen LogP contribution in [0.2, 0.25) is 0 Å². The maximum Gasteiger partial charge on any atom is 0.286 e. The molecule has 1 aromatic heterocycles. The first-order valence-corrected chi connectivity index (χ1v) is 16.1. The van der Waals surface area contributed by atoms with Crippen molar-refractivity contribution in [3.63, 3.8) is 0 Å². The van der Waals surface area contributed by atoms with Crippen LogP contribution in [0.25, 0.3) is 11.8 Å². The summed E-state index contributed by atoms with van der Waals surface area (Å²) in [7, 11) is 0. The summed E-state index contributed by atoms with van der Waals surface area (Å²) in [4.78, 5) is 23.3. The summed E-state index contributed by atoms with van der Waals surface area (Å²) in [6.07, 6.45) is 12.2. The predicted molar refractivity (Wildman–Crippen MR) is 165 cm³/mol. The van der Waals surface area contributed by atoms with Gasteiger partial charge >= 0.3 is 0 Å². The number of thioether (sulfide) groups is 1. The highest BCUT2D eigenvalue weighted by atomic mass is 32.2. The van der Waals surface area contributed by atoms with Crippen LogP contribution in [0.4, 0.5) is 0 Å². The number of nitrogens with zero attached hydrogens (tertiary/aromatic N) is 5. The number of carbonyl (C=O) groups excluding carboxylic acids is 1. The summed E-state index contributed by atoms with van der Waals surface area (Å²) in [6.45, 7) is 4.70. The molecule has 0 atom stereocenters. The van der Waals surface area contributed by atoms with Gasteiger partial charge in [0.2, 0.25) is 0 Å². The number of piperazine rings is 1. The minimum atomic E-state index is -0.111. The number of amidine groups is 1. The number of benzene rings is 2. The molecule has 4 bridgehead atoms. The Bertz CT molecular complexity index is 1470. The van der Waals surface area contributed by atoms with Crippen molar-refractivity contribution < 1.29 is 4.79 Å². The Kier molecular flexibility index (Phi) is 6.41. The molecule has 3 aromatic rings. The monoisotopic (exact) mass is 563 g/mol. The van der Waals surface area contributed by atoms with E-state index in [2.05, 4.69) is 81.7 Å². The number of hydrogen-bond donors (Lipinski definition) is 0. The molecule has 9 rings (SSSR count). The predicted octanol–water partition coefficient (Wildman–Crippen LogP) is 6.13. The molecule has 1 saturated heterocycles. The lowest BCUT2D eigenvalue weighted by Gasteiger charge is -2.56. The normalized spacial score (nSPS) is 30.4. The fourth-order valence-electron chi connectivity index (χ4n) is 8.63. The van der Waals surface area contributed by atoms with Crippen LogP contribution in [-0.4, -0.2) is 56.8 Å². The standard InChI is InChI=1S/C34H37N5OS/c40-32-30(41-33(35-32)38-13-11-37(12-14-38)22-24-7-3-1-4-8-24)18-28-23-39(29-9-5-2-6-10-29)36-31(28)34-19-25-15-26(20-34)17-27(16-25)21-34/h1-10,18,23,25-27H,11-17,19-22H2. The van der Waals surface area contributed by atoms with Crippen molar-refractivity contribution in [2.45, 2.75) is 50.5 Å². The molecule has 4 saturated carbocycles. The Morgan fingerprint density at radius 2 is 1.49 bits per heavy atom. The third-order valence-electron chi connectivity index (χ3n) is 10.1. The average molecular weight is 564 g/mol. The summed E-state index contributed by atoms with van der Waals surface area (Å²) < 4.78 is 2.04. The number of carbonyl (C=O) groups is 1. The molecule has 4 aliphatic carbocycles. The molecular weight excluding hydrogens is 526 g/mol. The first kappa shape index (κ1) is 25.5. The largest absolute Gasteiger partial charge is 0.348 e. The Morgan fingerprint density at radius 3 is 2.15 bits per heavy atom. The van der Waals surface area contributed by atoms with E-state index in [0.29, 0.717) is 0 Å². The van der Waals surface area contributed by atoms with Crippen molar-refractivity contribution in [3.8, 4) is 5.69 Å². The van der Waals surface area contributed by atoms with Gasteiger partial charge in [0.15, 0.2) is 5.17 Å². The number of para-hydroxylation sites is 1. The van der Waals surface area contributed by atoms with E-state index in [1.165, 1.54) is 49.8 Å². The lowest BCUT2D eigenvalue weighted by molar-refractivity contribution is -0.113. The van der Waals surface area contributed by atoms with Crippen LogP contribution in [-0.2, 0) is 16.8 Å². The second-order valence-corrected chi connectivity index (χ2v) is 14.0. The highest BCUT2D eigenvalue weighted by Crippen LogP contribution is 2.61. The molecule has 0 radical (unpaired) electrons. The van der Waals surface area contributed by atoms with E-state index >= 15 is 0 Å². The Morgan fingerprint density at radius 1 is 0.854 bits per heavy atom. The van der Waals surface area contributed by atoms with Crippen LogP contribution in [0.15, 0.2) is 76.8 Å². The van der Waals surface area contributed by atoms with Gasteiger partial charge in [-0.2, -0.15) is 10.1 Å². The van der Waals surface area contributed by atoms with Gasteiger partial charge in [0.05, 0.1) is 16.3 Å². The fraction of sp³-hybridized carbons (Fsp3) is 0.441. The summed E-state index contributed by atoms with van der Waals surface area (Å²) >= 11 is 1.55. The van der Waals surface area contributed by atoms with Crippen LogP contribution in [0.3, 0.4) is 0 Å². The van der Waals surface area contributed by atoms with E-state index < -0.39 is 0 Å². The Hall–Kier alpha value is -3.16. The first-order chi connectivity index (χ1) is 20.1. The molecule has 3 heterocycles. The lowest BCUT2D eigenvalue weighted by Crippen LogP contribution is -2.49. The molecule has 0 N–H and O–H groups in total. The molecule has 2 aromatic carbocycles. The van der Waals surface area contributed by atoms with Crippen molar-refractivity contribution in [2.75, 3.05) is 26.2 Å². The number of hydrogen-bond acceptors (Lipinski definition) is 5. The molecule has 5 fully saturated rings. The molecule has 6 aliphatic rings. The van der Waals surface area contributed by atoms with E-state index in [-0.39, 0.29) is 11.3 Å². The van der Waals surface area contributed by atoms with E-state index in [9.17, 15) is 4.79 Å². The van der Waals surface area contributed by atoms with E-state index in [4.69, 9.17) is 5.10 Å². The average Bonchev–Trinajstić information content (AvgIpc) is 3.58. The van der Waals surface area contributed by atoms with Crippen LogP contribution in [0.5, 0.6) is 0 Å².